The molecule has 23 heavy (non-hydrogen) atoms. The maximum absolute atomic E-state index is 11.9. The Morgan fingerprint density at radius 1 is 1.17 bits per heavy atom. The minimum Gasteiger partial charge on any atom is -0.350 e. The number of nitrogens with one attached hydrogen (secondary N) is 1. The lowest BCUT2D eigenvalue weighted by atomic mass is 10.0. The quantitative estimate of drug-likeness (QED) is 0.859. The maximum atomic E-state index is 11.9. The summed E-state index contributed by atoms with van der Waals surface area (Å²) in [6, 6.07) is 17.3. The van der Waals surface area contributed by atoms with Crippen molar-refractivity contribution >= 4 is 23.4 Å². The number of anilines is 2. The fraction of sp³-hybridized carbons (Fsp3) is 0.250. The van der Waals surface area contributed by atoms with Gasteiger partial charge < -0.3 is 10.2 Å². The fourth-order valence-electron chi connectivity index (χ4n) is 3.50. The number of fused-ring (bicyclic) bond motifs is 1. The molecule has 0 spiro atoms. The summed E-state index contributed by atoms with van der Waals surface area (Å²) in [5.74, 6) is 0.0731. The summed E-state index contributed by atoms with van der Waals surface area (Å²) >= 11 is 0. The van der Waals surface area contributed by atoms with E-state index in [0.717, 1.165) is 30.5 Å². The summed E-state index contributed by atoms with van der Waals surface area (Å²) < 4.78 is 0. The third kappa shape index (κ3) is 2.63. The molecule has 1 fully saturated rings. The Balaban J connectivity index is 1.63. The van der Waals surface area contributed by atoms with Crippen LogP contribution in [0.2, 0.25) is 0 Å². The Labute approximate surface area is 136 Å². The van der Waals surface area contributed by atoms with E-state index in [4.69, 9.17) is 0 Å². The minimum absolute atomic E-state index is 0.0731. The van der Waals surface area contributed by atoms with Gasteiger partial charge in [0.25, 0.3) is 0 Å². The average Bonchev–Trinajstić information content (AvgIpc) is 3.11. The summed E-state index contributed by atoms with van der Waals surface area (Å²) in [6.45, 7) is 3.05. The van der Waals surface area contributed by atoms with Crippen LogP contribution >= 0.6 is 0 Å². The number of rotatable bonds is 2. The zero-order valence-corrected chi connectivity index (χ0v) is 13.3. The SMILES string of the molecule is C[C@@H]1C/C(=C/c2ccc3c(c2)CCN3c2ccccc2)C(=O)N1. The first-order chi connectivity index (χ1) is 11.2. The fourth-order valence-corrected chi connectivity index (χ4v) is 3.50. The van der Waals surface area contributed by atoms with Gasteiger partial charge in [0, 0.05) is 29.5 Å². The zero-order chi connectivity index (χ0) is 15.8. The second-order valence-corrected chi connectivity index (χ2v) is 6.37. The second-order valence-electron chi connectivity index (χ2n) is 6.37. The van der Waals surface area contributed by atoms with Gasteiger partial charge in [-0.25, -0.2) is 0 Å². The van der Waals surface area contributed by atoms with E-state index >= 15 is 0 Å². The van der Waals surface area contributed by atoms with Crippen molar-refractivity contribution in [3.8, 4) is 0 Å². The number of para-hydroxylation sites is 1. The topological polar surface area (TPSA) is 32.3 Å². The number of amides is 1. The van der Waals surface area contributed by atoms with E-state index in [1.54, 1.807) is 0 Å². The maximum Gasteiger partial charge on any atom is 0.247 e. The molecule has 2 aromatic rings. The molecule has 1 N–H and O–H groups in total. The van der Waals surface area contributed by atoms with Crippen LogP contribution in [-0.4, -0.2) is 18.5 Å². The molecule has 3 heteroatoms. The van der Waals surface area contributed by atoms with Crippen molar-refractivity contribution in [1.29, 1.82) is 0 Å². The molecule has 2 aliphatic heterocycles. The van der Waals surface area contributed by atoms with Gasteiger partial charge in [-0.3, -0.25) is 4.79 Å². The highest BCUT2D eigenvalue weighted by Gasteiger charge is 2.23. The molecule has 1 atom stereocenters. The van der Waals surface area contributed by atoms with Crippen LogP contribution < -0.4 is 10.2 Å². The van der Waals surface area contributed by atoms with Crippen molar-refractivity contribution in [3.05, 3.63) is 65.2 Å². The van der Waals surface area contributed by atoms with Gasteiger partial charge in [-0.1, -0.05) is 24.3 Å². The van der Waals surface area contributed by atoms with Crippen LogP contribution in [0.15, 0.2) is 54.1 Å². The molecule has 2 aliphatic rings. The molecule has 0 saturated carbocycles. The van der Waals surface area contributed by atoms with E-state index in [2.05, 4.69) is 52.7 Å². The lowest BCUT2D eigenvalue weighted by Gasteiger charge is -2.19. The molecule has 0 radical (unpaired) electrons. The Bertz CT molecular complexity index is 779. The van der Waals surface area contributed by atoms with Crippen LogP contribution in [0.25, 0.3) is 6.08 Å². The molecule has 1 saturated heterocycles. The predicted molar refractivity (Wildman–Crippen MR) is 93.8 cm³/mol. The van der Waals surface area contributed by atoms with Gasteiger partial charge in [0.1, 0.15) is 0 Å². The van der Waals surface area contributed by atoms with Crippen molar-refractivity contribution in [3.63, 3.8) is 0 Å². The van der Waals surface area contributed by atoms with Gasteiger partial charge >= 0.3 is 0 Å². The molecule has 0 bridgehead atoms. The third-order valence-corrected chi connectivity index (χ3v) is 4.60. The van der Waals surface area contributed by atoms with Crippen molar-refractivity contribution in [2.24, 2.45) is 0 Å². The standard InChI is InChI=1S/C20H20N2O/c1-14-11-17(20(23)21-14)13-15-7-8-19-16(12-15)9-10-22(19)18-5-3-2-4-6-18/h2-8,12-14H,9-11H2,1H3,(H,21,23)/b17-13-/t14-/m1/s1. The molecule has 0 aliphatic carbocycles. The minimum atomic E-state index is 0.0731. The molecule has 0 unspecified atom stereocenters. The van der Waals surface area contributed by atoms with Gasteiger partial charge in [0.15, 0.2) is 0 Å². The van der Waals surface area contributed by atoms with E-state index in [-0.39, 0.29) is 11.9 Å². The number of benzene rings is 2. The number of nitrogens with zero attached hydrogens (tertiary/aromatic N) is 1. The molecule has 3 nitrogen and oxygen atoms in total. The molecular weight excluding hydrogens is 284 g/mol. The van der Waals surface area contributed by atoms with Gasteiger partial charge in [-0.2, -0.15) is 0 Å². The van der Waals surface area contributed by atoms with E-state index in [0.29, 0.717) is 0 Å². The van der Waals surface area contributed by atoms with E-state index in [1.165, 1.54) is 16.9 Å². The zero-order valence-electron chi connectivity index (χ0n) is 13.3. The molecule has 4 rings (SSSR count). The Morgan fingerprint density at radius 2 is 2.00 bits per heavy atom. The van der Waals surface area contributed by atoms with E-state index in [9.17, 15) is 4.79 Å². The van der Waals surface area contributed by atoms with Gasteiger partial charge in [-0.05, 0) is 61.2 Å². The number of hydrogen-bond acceptors (Lipinski definition) is 2. The number of carbonyl (C=O) groups excluding carboxylic acids is 1. The molecule has 2 aromatic carbocycles. The van der Waals surface area contributed by atoms with Crippen LogP contribution in [0.5, 0.6) is 0 Å². The normalized spacial score (nSPS) is 21.6. The summed E-state index contributed by atoms with van der Waals surface area (Å²) in [4.78, 5) is 14.2. The van der Waals surface area contributed by atoms with E-state index in [1.807, 2.05) is 19.1 Å². The molecule has 1 amide bonds. The molecule has 0 aromatic heterocycles. The summed E-state index contributed by atoms with van der Waals surface area (Å²) in [5.41, 5.74) is 5.88. The Kier molecular flexibility index (Phi) is 3.41. The first-order valence-electron chi connectivity index (χ1n) is 8.18. The largest absolute Gasteiger partial charge is 0.350 e. The predicted octanol–water partition coefficient (Wildman–Crippen LogP) is 3.67. The van der Waals surface area contributed by atoms with Crippen LogP contribution in [0.1, 0.15) is 24.5 Å². The van der Waals surface area contributed by atoms with Crippen molar-refractivity contribution in [2.75, 3.05) is 11.4 Å². The molecule has 116 valence electrons. The summed E-state index contributed by atoms with van der Waals surface area (Å²) in [5, 5.41) is 2.95. The highest BCUT2D eigenvalue weighted by molar-refractivity contribution is 6.00. The first-order valence-corrected chi connectivity index (χ1v) is 8.18. The third-order valence-electron chi connectivity index (χ3n) is 4.60. The lowest BCUT2D eigenvalue weighted by Crippen LogP contribution is -2.21. The number of hydrogen-bond donors (Lipinski definition) is 1. The van der Waals surface area contributed by atoms with Crippen LogP contribution in [0.4, 0.5) is 11.4 Å². The highest BCUT2D eigenvalue weighted by Crippen LogP contribution is 2.35. The molecular formula is C20H20N2O. The van der Waals surface area contributed by atoms with Crippen molar-refractivity contribution in [2.45, 2.75) is 25.8 Å². The Morgan fingerprint density at radius 3 is 2.74 bits per heavy atom. The van der Waals surface area contributed by atoms with Crippen molar-refractivity contribution in [1.82, 2.24) is 5.32 Å². The lowest BCUT2D eigenvalue weighted by molar-refractivity contribution is -0.116. The van der Waals surface area contributed by atoms with Gasteiger partial charge in [0.05, 0.1) is 0 Å². The van der Waals surface area contributed by atoms with Gasteiger partial charge in [-0.15, -0.1) is 0 Å². The summed E-state index contributed by atoms with van der Waals surface area (Å²) in [6.07, 6.45) is 3.89. The van der Waals surface area contributed by atoms with Crippen molar-refractivity contribution < 1.29 is 4.79 Å². The second kappa shape index (κ2) is 5.58. The number of carbonyl (C=O) groups is 1. The average molecular weight is 304 g/mol. The molecule has 2 heterocycles. The first kappa shape index (κ1) is 14.1. The van der Waals surface area contributed by atoms with Crippen LogP contribution in [-0.2, 0) is 11.2 Å². The summed E-state index contributed by atoms with van der Waals surface area (Å²) in [7, 11) is 0. The van der Waals surface area contributed by atoms with Crippen LogP contribution in [0, 0.1) is 0 Å². The smallest absolute Gasteiger partial charge is 0.247 e. The van der Waals surface area contributed by atoms with Gasteiger partial charge in [0.2, 0.25) is 5.91 Å². The van der Waals surface area contributed by atoms with E-state index < -0.39 is 0 Å². The Hall–Kier alpha value is -2.55. The monoisotopic (exact) mass is 304 g/mol. The highest BCUT2D eigenvalue weighted by atomic mass is 16.2. The van der Waals surface area contributed by atoms with Crippen LogP contribution in [0.3, 0.4) is 0 Å².